The first-order chi connectivity index (χ1) is 13.0. The average Bonchev–Trinajstić information content (AvgIpc) is 2.63. The molecule has 1 fully saturated rings. The fourth-order valence-corrected chi connectivity index (χ4v) is 4.72. The topological polar surface area (TPSA) is 73.2 Å². The molecule has 1 aliphatic heterocycles. The molecule has 0 unspecified atom stereocenters. The van der Waals surface area contributed by atoms with Crippen LogP contribution in [0.2, 0.25) is 0 Å². The molecule has 0 atom stereocenters. The maximum atomic E-state index is 12.1. The van der Waals surface area contributed by atoms with Crippen molar-refractivity contribution in [3.05, 3.63) is 29.8 Å². The number of nitrogens with one attached hydrogen (secondary N) is 1. The van der Waals surface area contributed by atoms with E-state index in [9.17, 15) is 13.7 Å². The third-order valence-electron chi connectivity index (χ3n) is 6.76. The van der Waals surface area contributed by atoms with Gasteiger partial charge < -0.3 is 0 Å². The van der Waals surface area contributed by atoms with Gasteiger partial charge >= 0.3 is 0 Å². The Balaban J connectivity index is 2.05. The molecule has 0 radical (unpaired) electrons. The summed E-state index contributed by atoms with van der Waals surface area (Å²) >= 11 is 0. The molecule has 156 valence electrons. The highest BCUT2D eigenvalue weighted by Crippen LogP contribution is 2.51. The predicted octanol–water partition coefficient (Wildman–Crippen LogP) is 4.77. The molecule has 1 aromatic carbocycles. The zero-order valence-electron chi connectivity index (χ0n) is 18.0. The highest BCUT2D eigenvalue weighted by atomic mass is 32.2. The van der Waals surface area contributed by atoms with E-state index >= 15 is 0 Å². The molecular weight excluding hydrogens is 370 g/mol. The van der Waals surface area contributed by atoms with Gasteiger partial charge in [0.25, 0.3) is 0 Å². The number of nitriles is 1. The number of benzene rings is 1. The van der Waals surface area contributed by atoms with Crippen molar-refractivity contribution in [2.75, 3.05) is 17.8 Å². The molecule has 1 aliphatic rings. The number of hydrogen-bond donors (Lipinski definition) is 1. The minimum Gasteiger partial charge on any atom is -0.299 e. The van der Waals surface area contributed by atoms with Gasteiger partial charge in [0.2, 0.25) is 10.0 Å². The van der Waals surface area contributed by atoms with Gasteiger partial charge in [-0.2, -0.15) is 5.26 Å². The van der Waals surface area contributed by atoms with E-state index in [1.54, 1.807) is 19.9 Å². The van der Waals surface area contributed by atoms with Crippen LogP contribution in [0.1, 0.15) is 65.9 Å². The van der Waals surface area contributed by atoms with E-state index in [2.05, 4.69) is 36.5 Å². The number of sulfonamides is 1. The van der Waals surface area contributed by atoms with Crippen molar-refractivity contribution in [1.82, 2.24) is 4.90 Å². The monoisotopic (exact) mass is 405 g/mol. The smallest absolute Gasteiger partial charge is 0.235 e. The largest absolute Gasteiger partial charge is 0.299 e. The van der Waals surface area contributed by atoms with Gasteiger partial charge in [-0.05, 0) is 68.3 Å². The highest BCUT2D eigenvalue weighted by molar-refractivity contribution is 7.93. The van der Waals surface area contributed by atoms with Crippen LogP contribution in [0.15, 0.2) is 24.3 Å². The van der Waals surface area contributed by atoms with Crippen molar-refractivity contribution >= 4 is 15.7 Å². The van der Waals surface area contributed by atoms with Crippen LogP contribution in [0.4, 0.5) is 5.69 Å². The standard InChI is InChI=1S/C22H35N3O2S/c1-6-21(4,5)22(10-13-23)11-14-25(15-12-22)17-19-8-7-9-20(16-19)24-28(26,27)18(2)3/h7-9,16,18,24H,6,10-12,14-15,17H2,1-5H3. The van der Waals surface area contributed by atoms with Crippen LogP contribution in [0.3, 0.4) is 0 Å². The first-order valence-corrected chi connectivity index (χ1v) is 11.8. The van der Waals surface area contributed by atoms with Gasteiger partial charge in [0.05, 0.1) is 11.3 Å². The summed E-state index contributed by atoms with van der Waals surface area (Å²) in [5.41, 5.74) is 1.96. The average molecular weight is 406 g/mol. The van der Waals surface area contributed by atoms with Crippen LogP contribution >= 0.6 is 0 Å². The molecule has 1 N–H and O–H groups in total. The fourth-order valence-electron chi connectivity index (χ4n) is 4.03. The van der Waals surface area contributed by atoms with E-state index < -0.39 is 15.3 Å². The van der Waals surface area contributed by atoms with Crippen LogP contribution in [-0.2, 0) is 16.6 Å². The zero-order valence-corrected chi connectivity index (χ0v) is 18.8. The van der Waals surface area contributed by atoms with Crippen molar-refractivity contribution in [3.8, 4) is 6.07 Å². The van der Waals surface area contributed by atoms with E-state index in [4.69, 9.17) is 0 Å². The second-order valence-corrected chi connectivity index (χ2v) is 11.3. The Morgan fingerprint density at radius 2 is 1.93 bits per heavy atom. The molecule has 0 saturated carbocycles. The number of piperidine rings is 1. The van der Waals surface area contributed by atoms with Crippen LogP contribution in [0, 0.1) is 22.2 Å². The van der Waals surface area contributed by atoms with Gasteiger partial charge in [0, 0.05) is 18.7 Å². The summed E-state index contributed by atoms with van der Waals surface area (Å²) in [4.78, 5) is 2.41. The highest BCUT2D eigenvalue weighted by Gasteiger charge is 2.45. The van der Waals surface area contributed by atoms with E-state index in [0.29, 0.717) is 12.1 Å². The SMILES string of the molecule is CCC(C)(C)C1(CC#N)CCN(Cc2cccc(NS(=O)(=O)C(C)C)c2)CC1. The second-order valence-electron chi connectivity index (χ2n) is 9.03. The number of likely N-dealkylation sites (tertiary alicyclic amines) is 1. The molecule has 5 nitrogen and oxygen atoms in total. The van der Waals surface area contributed by atoms with Gasteiger partial charge in [0.1, 0.15) is 0 Å². The lowest BCUT2D eigenvalue weighted by Crippen LogP contribution is -2.47. The number of hydrogen-bond acceptors (Lipinski definition) is 4. The number of nitrogens with zero attached hydrogens (tertiary/aromatic N) is 2. The fraction of sp³-hybridized carbons (Fsp3) is 0.682. The minimum absolute atomic E-state index is 0.0851. The van der Waals surface area contributed by atoms with Gasteiger partial charge in [-0.1, -0.05) is 39.3 Å². The first-order valence-electron chi connectivity index (χ1n) is 10.2. The molecule has 28 heavy (non-hydrogen) atoms. The van der Waals surface area contributed by atoms with Gasteiger partial charge in [-0.25, -0.2) is 8.42 Å². The summed E-state index contributed by atoms with van der Waals surface area (Å²) in [7, 11) is -3.34. The number of rotatable bonds is 8. The molecule has 0 aromatic heterocycles. The Morgan fingerprint density at radius 3 is 2.46 bits per heavy atom. The summed E-state index contributed by atoms with van der Waals surface area (Å²) in [6.07, 6.45) is 3.75. The minimum atomic E-state index is -3.34. The zero-order chi connectivity index (χ0) is 21.0. The lowest BCUT2D eigenvalue weighted by molar-refractivity contribution is -0.00659. The van der Waals surface area contributed by atoms with Crippen molar-refractivity contribution in [1.29, 1.82) is 5.26 Å². The van der Waals surface area contributed by atoms with Crippen LogP contribution in [0.5, 0.6) is 0 Å². The summed E-state index contributed by atoms with van der Waals surface area (Å²) < 4.78 is 26.9. The predicted molar refractivity (Wildman–Crippen MR) is 115 cm³/mol. The molecule has 0 spiro atoms. The summed E-state index contributed by atoms with van der Waals surface area (Å²) in [6, 6.07) is 10.1. The molecule has 0 bridgehead atoms. The van der Waals surface area contributed by atoms with Crippen molar-refractivity contribution in [2.24, 2.45) is 10.8 Å². The Morgan fingerprint density at radius 1 is 1.29 bits per heavy atom. The number of anilines is 1. The Bertz CT molecular complexity index is 801. The maximum Gasteiger partial charge on any atom is 0.235 e. The molecule has 1 heterocycles. The van der Waals surface area contributed by atoms with Crippen molar-refractivity contribution in [3.63, 3.8) is 0 Å². The van der Waals surface area contributed by atoms with Gasteiger partial charge in [-0.3, -0.25) is 9.62 Å². The van der Waals surface area contributed by atoms with E-state index in [1.165, 1.54) is 0 Å². The Labute approximate surface area is 171 Å². The summed E-state index contributed by atoms with van der Waals surface area (Å²) in [5.74, 6) is 0. The summed E-state index contributed by atoms with van der Waals surface area (Å²) in [6.45, 7) is 12.9. The van der Waals surface area contributed by atoms with Crippen LogP contribution in [-0.4, -0.2) is 31.7 Å². The molecule has 6 heteroatoms. The first kappa shape index (κ1) is 22.7. The molecule has 0 aliphatic carbocycles. The Hall–Kier alpha value is -1.58. The van der Waals surface area contributed by atoms with Gasteiger partial charge in [-0.15, -0.1) is 0 Å². The maximum absolute atomic E-state index is 12.1. The van der Waals surface area contributed by atoms with E-state index in [-0.39, 0.29) is 10.8 Å². The summed E-state index contributed by atoms with van der Waals surface area (Å²) in [5, 5.41) is 8.92. The van der Waals surface area contributed by atoms with E-state index in [0.717, 1.165) is 44.5 Å². The molecular formula is C22H35N3O2S. The third kappa shape index (κ3) is 5.07. The third-order valence-corrected chi connectivity index (χ3v) is 8.53. The molecule has 1 aromatic rings. The molecule has 0 amide bonds. The normalized spacial score (nSPS) is 18.0. The molecule has 2 rings (SSSR count). The van der Waals surface area contributed by atoms with E-state index in [1.807, 2.05) is 18.2 Å². The van der Waals surface area contributed by atoms with Crippen LogP contribution in [0.25, 0.3) is 0 Å². The van der Waals surface area contributed by atoms with Gasteiger partial charge in [0.15, 0.2) is 0 Å². The Kier molecular flexibility index (Phi) is 7.17. The second kappa shape index (κ2) is 8.84. The van der Waals surface area contributed by atoms with Crippen molar-refractivity contribution < 1.29 is 8.42 Å². The van der Waals surface area contributed by atoms with Crippen molar-refractivity contribution in [2.45, 2.75) is 72.1 Å². The lowest BCUT2D eigenvalue weighted by atomic mass is 9.58. The quantitative estimate of drug-likeness (QED) is 0.676. The lowest BCUT2D eigenvalue weighted by Gasteiger charge is -2.50. The van der Waals surface area contributed by atoms with Crippen LogP contribution < -0.4 is 4.72 Å². The molecule has 1 saturated heterocycles.